The Labute approximate surface area is 273 Å². The lowest BCUT2D eigenvalue weighted by Crippen LogP contribution is -2.50. The summed E-state index contributed by atoms with van der Waals surface area (Å²) in [6.45, 7) is 8.75. The second-order valence-electron chi connectivity index (χ2n) is 12.1. The van der Waals surface area contributed by atoms with Gasteiger partial charge in [-0.1, -0.05) is 0 Å². The number of nitrogens with zero attached hydrogens (tertiary/aromatic N) is 8. The number of amides is 2. The molecule has 2 aliphatic rings. The predicted molar refractivity (Wildman–Crippen MR) is 182 cm³/mol. The van der Waals surface area contributed by atoms with Crippen molar-refractivity contribution in [3.63, 3.8) is 0 Å². The molecular weight excluding hydrogens is 600 g/mol. The Bertz CT molecular complexity index is 1820. The molecule has 4 heterocycles. The summed E-state index contributed by atoms with van der Waals surface area (Å²) < 4.78 is 10.8. The fraction of sp³-hybridized carbons (Fsp3) is 0.455. The zero-order chi connectivity index (χ0) is 33.2. The zero-order valence-corrected chi connectivity index (χ0v) is 27.5. The Morgan fingerprint density at radius 3 is 1.55 bits per heavy atom. The highest BCUT2D eigenvalue weighted by Crippen LogP contribution is 2.34. The van der Waals surface area contributed by atoms with Gasteiger partial charge in [0.15, 0.2) is 11.5 Å². The van der Waals surface area contributed by atoms with E-state index in [1.807, 2.05) is 33.8 Å². The van der Waals surface area contributed by atoms with Crippen LogP contribution in [0.25, 0.3) is 21.8 Å². The summed E-state index contributed by atoms with van der Waals surface area (Å²) in [6, 6.07) is 7.62. The summed E-state index contributed by atoms with van der Waals surface area (Å²) in [7, 11) is 3.14. The van der Waals surface area contributed by atoms with Crippen molar-refractivity contribution < 1.29 is 19.1 Å². The Morgan fingerprint density at radius 1 is 0.638 bits per heavy atom. The number of carbonyl (C=O) groups excluding carboxylic acids is 2. The number of hydrogen-bond acceptors (Lipinski definition) is 12. The topological polar surface area (TPSA) is 169 Å². The number of aryl methyl sites for hydroxylation is 2. The summed E-state index contributed by atoms with van der Waals surface area (Å²) >= 11 is 0. The number of anilines is 4. The molecule has 4 aromatic rings. The van der Waals surface area contributed by atoms with Crippen LogP contribution in [0.1, 0.15) is 30.4 Å². The van der Waals surface area contributed by atoms with Gasteiger partial charge in [0, 0.05) is 82.0 Å². The van der Waals surface area contributed by atoms with Crippen LogP contribution in [0.4, 0.5) is 23.5 Å². The van der Waals surface area contributed by atoms with E-state index in [0.29, 0.717) is 118 Å². The van der Waals surface area contributed by atoms with Crippen molar-refractivity contribution in [3.8, 4) is 11.5 Å². The van der Waals surface area contributed by atoms with Gasteiger partial charge in [-0.2, -0.15) is 9.97 Å². The van der Waals surface area contributed by atoms with E-state index in [9.17, 15) is 9.59 Å². The van der Waals surface area contributed by atoms with Gasteiger partial charge in [0.25, 0.3) is 0 Å². The van der Waals surface area contributed by atoms with E-state index in [-0.39, 0.29) is 11.8 Å². The van der Waals surface area contributed by atoms with Crippen LogP contribution in [0.2, 0.25) is 0 Å². The molecule has 6 rings (SSSR count). The molecule has 14 nitrogen and oxygen atoms in total. The van der Waals surface area contributed by atoms with Crippen LogP contribution in [0.3, 0.4) is 0 Å². The van der Waals surface area contributed by atoms with Gasteiger partial charge in [-0.3, -0.25) is 9.59 Å². The monoisotopic (exact) mass is 642 g/mol. The molecule has 47 heavy (non-hydrogen) atoms. The number of nitrogen functional groups attached to an aromatic ring is 2. The average Bonchev–Trinajstić information content (AvgIpc) is 3.08. The van der Waals surface area contributed by atoms with E-state index in [1.54, 1.807) is 26.4 Å². The van der Waals surface area contributed by atoms with Crippen molar-refractivity contribution >= 4 is 57.2 Å². The number of piperazine rings is 2. The number of carbonyl (C=O) groups is 2. The molecule has 2 aromatic carbocycles. The molecular formula is C33H42N10O4. The highest BCUT2D eigenvalue weighted by atomic mass is 16.5. The van der Waals surface area contributed by atoms with Gasteiger partial charge < -0.3 is 40.5 Å². The van der Waals surface area contributed by atoms with Crippen LogP contribution in [-0.2, 0) is 9.59 Å². The lowest BCUT2D eigenvalue weighted by atomic mass is 10.1. The Balaban J connectivity index is 0.960. The minimum atomic E-state index is 0.0505. The quantitative estimate of drug-likeness (QED) is 0.289. The molecule has 2 aliphatic heterocycles. The van der Waals surface area contributed by atoms with Crippen molar-refractivity contribution in [2.24, 2.45) is 0 Å². The van der Waals surface area contributed by atoms with Crippen LogP contribution < -0.4 is 30.7 Å². The maximum absolute atomic E-state index is 13.0. The smallest absolute Gasteiger partial charge is 0.228 e. The molecule has 4 N–H and O–H groups in total. The molecule has 0 unspecified atom stereocenters. The Hall–Kier alpha value is -5.14. The predicted octanol–water partition coefficient (Wildman–Crippen LogP) is 2.54. The SMILES string of the molecule is COc1cc2nc(N3CCN(C(=O)CCCC(=O)N4CCN(c5nc(N)c6cc(C)c(C)cc6n5)CC4)CC3)nc(N)c2cc1OC. The first-order chi connectivity index (χ1) is 22.6. The molecule has 0 atom stereocenters. The van der Waals surface area contributed by atoms with Crippen LogP contribution in [0, 0.1) is 13.8 Å². The number of aromatic nitrogens is 4. The Morgan fingerprint density at radius 2 is 1.06 bits per heavy atom. The molecule has 0 spiro atoms. The maximum atomic E-state index is 13.0. The first kappa shape index (κ1) is 31.8. The van der Waals surface area contributed by atoms with Gasteiger partial charge >= 0.3 is 0 Å². The third-order valence-corrected chi connectivity index (χ3v) is 9.16. The molecule has 0 aliphatic carbocycles. The largest absolute Gasteiger partial charge is 0.493 e. The van der Waals surface area contributed by atoms with Crippen molar-refractivity contribution in [2.75, 3.05) is 87.8 Å². The second kappa shape index (κ2) is 13.3. The number of benzene rings is 2. The van der Waals surface area contributed by atoms with Crippen LogP contribution in [0.15, 0.2) is 24.3 Å². The molecule has 0 radical (unpaired) electrons. The molecule has 14 heteroatoms. The number of methoxy groups -OCH3 is 2. The fourth-order valence-electron chi connectivity index (χ4n) is 6.17. The van der Waals surface area contributed by atoms with Crippen LogP contribution in [-0.4, -0.2) is 108 Å². The molecule has 2 saturated heterocycles. The third-order valence-electron chi connectivity index (χ3n) is 9.16. The average molecular weight is 643 g/mol. The van der Waals surface area contributed by atoms with E-state index >= 15 is 0 Å². The molecule has 2 fully saturated rings. The first-order valence-corrected chi connectivity index (χ1v) is 15.9. The number of hydrogen-bond donors (Lipinski definition) is 2. The van der Waals surface area contributed by atoms with Crippen molar-refractivity contribution in [1.29, 1.82) is 0 Å². The minimum absolute atomic E-state index is 0.0505. The molecule has 0 bridgehead atoms. The van der Waals surface area contributed by atoms with E-state index < -0.39 is 0 Å². The Kier molecular flexibility index (Phi) is 9.01. The normalized spacial score (nSPS) is 15.4. The van der Waals surface area contributed by atoms with E-state index in [1.165, 1.54) is 0 Å². The standard InChI is InChI=1S/C33H42N10O4/c1-20-16-22-24(17-21(20)2)36-32(38-30(22)34)42-12-8-40(9-13-42)28(44)6-5-7-29(45)41-10-14-43(15-11-41)33-37-25-19-27(47-4)26(46-3)18-23(25)31(35)39-33/h16-19H,5-15H2,1-4H3,(H2,34,36,38)(H2,35,37,39). The summed E-state index contributed by atoms with van der Waals surface area (Å²) in [4.78, 5) is 52.3. The van der Waals surface area contributed by atoms with Gasteiger partial charge in [-0.05, 0) is 49.6 Å². The summed E-state index contributed by atoms with van der Waals surface area (Å²) in [5, 5.41) is 1.54. The van der Waals surface area contributed by atoms with Gasteiger partial charge in [0.2, 0.25) is 23.7 Å². The number of rotatable bonds is 8. The zero-order valence-electron chi connectivity index (χ0n) is 27.5. The lowest BCUT2D eigenvalue weighted by molar-refractivity contribution is -0.133. The summed E-state index contributed by atoms with van der Waals surface area (Å²) in [5.41, 5.74) is 16.3. The number of ether oxygens (including phenoxy) is 2. The highest BCUT2D eigenvalue weighted by Gasteiger charge is 2.26. The van der Waals surface area contributed by atoms with Crippen molar-refractivity contribution in [3.05, 3.63) is 35.4 Å². The first-order valence-electron chi connectivity index (χ1n) is 15.9. The van der Waals surface area contributed by atoms with Crippen molar-refractivity contribution in [1.82, 2.24) is 29.7 Å². The molecule has 248 valence electrons. The number of nitrogens with two attached hydrogens (primary N) is 2. The van der Waals surface area contributed by atoms with E-state index in [0.717, 1.165) is 22.0 Å². The maximum Gasteiger partial charge on any atom is 0.228 e. The second-order valence-corrected chi connectivity index (χ2v) is 12.1. The lowest BCUT2D eigenvalue weighted by Gasteiger charge is -2.35. The molecule has 2 aromatic heterocycles. The van der Waals surface area contributed by atoms with Gasteiger partial charge in [0.1, 0.15) is 11.6 Å². The molecule has 0 saturated carbocycles. The van der Waals surface area contributed by atoms with E-state index in [2.05, 4.69) is 21.8 Å². The van der Waals surface area contributed by atoms with E-state index in [4.69, 9.17) is 30.9 Å². The summed E-state index contributed by atoms with van der Waals surface area (Å²) in [6.07, 6.45) is 1.18. The third kappa shape index (κ3) is 6.58. The van der Waals surface area contributed by atoms with Crippen molar-refractivity contribution in [2.45, 2.75) is 33.1 Å². The number of fused-ring (bicyclic) bond motifs is 2. The summed E-state index contributed by atoms with van der Waals surface area (Å²) in [5.74, 6) is 3.16. The minimum Gasteiger partial charge on any atom is -0.493 e. The van der Waals surface area contributed by atoms with Gasteiger partial charge in [-0.15, -0.1) is 0 Å². The fourth-order valence-corrected chi connectivity index (χ4v) is 6.17. The van der Waals surface area contributed by atoms with Gasteiger partial charge in [-0.25, -0.2) is 9.97 Å². The van der Waals surface area contributed by atoms with Crippen LogP contribution >= 0.6 is 0 Å². The highest BCUT2D eigenvalue weighted by molar-refractivity contribution is 5.92. The van der Waals surface area contributed by atoms with Crippen LogP contribution in [0.5, 0.6) is 11.5 Å². The van der Waals surface area contributed by atoms with Gasteiger partial charge in [0.05, 0.1) is 25.3 Å². The molecule has 2 amide bonds.